The molecular weight excluding hydrogens is 1560 g/mol. The number of aliphatic hydroxyl groups excluding tert-OH is 6. The molecule has 6 saturated heterocycles. The number of aliphatic hydroxyl groups is 6. The number of fused-ring (bicyclic) bond motifs is 6. The van der Waals surface area contributed by atoms with Crippen LogP contribution in [0.4, 0.5) is 0 Å². The fourth-order valence-electron chi connectivity index (χ4n) is 13.5. The van der Waals surface area contributed by atoms with Gasteiger partial charge in [0.25, 0.3) is 0 Å². The molecule has 0 radical (unpaired) electrons. The third kappa shape index (κ3) is 30.6. The second-order valence-electron chi connectivity index (χ2n) is 29.3. The predicted octanol–water partition coefficient (Wildman–Crippen LogP) is -6.18. The molecule has 45 nitrogen and oxygen atoms in total. The normalized spacial score (nSPS) is 27.1. The van der Waals surface area contributed by atoms with Gasteiger partial charge >= 0.3 is 0 Å². The Morgan fingerprint density at radius 3 is 1.06 bits per heavy atom. The van der Waals surface area contributed by atoms with E-state index in [1.807, 2.05) is 0 Å². The lowest BCUT2D eigenvalue weighted by atomic mass is 9.88. The van der Waals surface area contributed by atoms with Crippen LogP contribution in [0.3, 0.4) is 0 Å². The van der Waals surface area contributed by atoms with Gasteiger partial charge in [-0.05, 0) is 32.2 Å². The number of amides is 4. The molecule has 16 atom stereocenters. The Balaban J connectivity index is 0.657. The van der Waals surface area contributed by atoms with Crippen LogP contribution in [0.1, 0.15) is 76.4 Å². The van der Waals surface area contributed by atoms with Crippen LogP contribution in [0.15, 0.2) is 18.6 Å². The summed E-state index contributed by atoms with van der Waals surface area (Å²) in [7, 11) is 0. The van der Waals surface area contributed by atoms with Crippen LogP contribution in [0.5, 0.6) is 0 Å². The lowest BCUT2D eigenvalue weighted by Gasteiger charge is -2.42. The third-order valence-electron chi connectivity index (χ3n) is 19.6. The van der Waals surface area contributed by atoms with Crippen molar-refractivity contribution in [3.63, 3.8) is 0 Å². The predicted molar refractivity (Wildman–Crippen MR) is 396 cm³/mol. The van der Waals surface area contributed by atoms with Gasteiger partial charge in [-0.15, -0.1) is 15.3 Å². The van der Waals surface area contributed by atoms with Crippen molar-refractivity contribution in [2.45, 2.75) is 195 Å². The molecule has 3 aromatic rings. The van der Waals surface area contributed by atoms with Crippen molar-refractivity contribution in [1.29, 1.82) is 0 Å². The SMILES string of the molecule is CC(=O)N[C@H]1[C@@H]2OC[C@](COCCOCCOCCCOCCCn3cc(COCC(COCc4cn(CCOCCOCCOCCOC[C@@]56CO[C@H](O5)[C@H](NC(C)=O)[C@@H](O)[C@H]6O)nn4)(COCc4cn(CCOCCOCCOCCOC[C@@]56CO[C@@H](O5)[C@H](NC(C)=O)[C@@H](O)[C@H]6O)nn4)NC(=O)CCCCCN)nn3)(O2)[C@H](O)[C@@H]1O. The van der Waals surface area contributed by atoms with Gasteiger partial charge in [0.05, 0.1) is 230 Å². The Labute approximate surface area is 677 Å². The molecule has 0 spiro atoms. The van der Waals surface area contributed by atoms with Crippen LogP contribution < -0.4 is 27.0 Å². The highest BCUT2D eigenvalue weighted by atomic mass is 16.8. The van der Waals surface area contributed by atoms with Gasteiger partial charge in [0.2, 0.25) is 23.6 Å². The average molecular weight is 1680 g/mol. The van der Waals surface area contributed by atoms with Crippen LogP contribution in [0, 0.1) is 0 Å². The Hall–Kier alpha value is -5.82. The van der Waals surface area contributed by atoms with Crippen molar-refractivity contribution in [3.05, 3.63) is 35.7 Å². The molecule has 6 bridgehead atoms. The van der Waals surface area contributed by atoms with Gasteiger partial charge in [-0.2, -0.15) is 0 Å². The average Bonchev–Trinajstić information content (AvgIpc) is 1.63. The second kappa shape index (κ2) is 50.6. The van der Waals surface area contributed by atoms with Crippen molar-refractivity contribution < 1.29 is 149 Å². The highest BCUT2D eigenvalue weighted by molar-refractivity contribution is 5.77. The van der Waals surface area contributed by atoms with Gasteiger partial charge in [0, 0.05) is 53.6 Å². The van der Waals surface area contributed by atoms with E-state index in [1.54, 1.807) is 32.6 Å². The number of rotatable bonds is 65. The largest absolute Gasteiger partial charge is 0.388 e. The third-order valence-corrected chi connectivity index (χ3v) is 19.6. The summed E-state index contributed by atoms with van der Waals surface area (Å²) in [4.78, 5) is 48.6. The molecule has 45 heteroatoms. The Kier molecular flexibility index (Phi) is 41.1. The Bertz CT molecular complexity index is 3190. The maximum Gasteiger partial charge on any atom is 0.220 e. The van der Waals surface area contributed by atoms with Crippen LogP contribution in [0.2, 0.25) is 0 Å². The first-order chi connectivity index (χ1) is 56.7. The van der Waals surface area contributed by atoms with Crippen molar-refractivity contribution in [2.24, 2.45) is 5.73 Å². The monoisotopic (exact) mass is 1680 g/mol. The van der Waals surface area contributed by atoms with E-state index in [-0.39, 0.29) is 149 Å². The van der Waals surface area contributed by atoms with Crippen molar-refractivity contribution >= 4 is 23.6 Å². The number of hydrogen-bond donors (Lipinski definition) is 11. The molecule has 6 aliphatic heterocycles. The molecule has 117 heavy (non-hydrogen) atoms. The van der Waals surface area contributed by atoms with E-state index in [9.17, 15) is 49.8 Å². The molecule has 9 rings (SSSR count). The quantitative estimate of drug-likeness (QED) is 0.0234. The number of aromatic nitrogens is 9. The van der Waals surface area contributed by atoms with Crippen LogP contribution in [-0.4, -0.2) is 400 Å². The summed E-state index contributed by atoms with van der Waals surface area (Å²) in [5.74, 6) is -1.40. The number of nitrogens with one attached hydrogen (secondary N) is 4. The number of carbonyl (C=O) groups is 4. The first kappa shape index (κ1) is 95.0. The topological polar surface area (TPSA) is 550 Å². The summed E-state index contributed by atoms with van der Waals surface area (Å²) in [6, 6.07) is -2.70. The van der Waals surface area contributed by atoms with E-state index >= 15 is 0 Å². The van der Waals surface area contributed by atoms with E-state index in [0.29, 0.717) is 162 Å². The van der Waals surface area contributed by atoms with Crippen molar-refractivity contribution in [2.75, 3.05) is 205 Å². The molecule has 0 saturated carbocycles. The molecular formula is C72H122N14O31. The molecule has 0 aliphatic carbocycles. The van der Waals surface area contributed by atoms with Gasteiger partial charge in [0.15, 0.2) is 18.9 Å². The van der Waals surface area contributed by atoms with Gasteiger partial charge in [0.1, 0.15) is 94.2 Å². The van der Waals surface area contributed by atoms with E-state index in [2.05, 4.69) is 52.2 Å². The summed E-state index contributed by atoms with van der Waals surface area (Å²) < 4.78 is 127. The zero-order chi connectivity index (χ0) is 83.1. The number of carbonyl (C=O) groups excluding carboxylic acids is 4. The first-order valence-electron chi connectivity index (χ1n) is 39.9. The Morgan fingerprint density at radius 2 is 0.718 bits per heavy atom. The smallest absolute Gasteiger partial charge is 0.220 e. The fourth-order valence-corrected chi connectivity index (χ4v) is 13.5. The number of aryl methyl sites for hydroxylation is 1. The maximum atomic E-state index is 13.9. The van der Waals surface area contributed by atoms with E-state index in [0.717, 1.165) is 12.8 Å². The highest BCUT2D eigenvalue weighted by Crippen LogP contribution is 2.40. The molecule has 1 unspecified atom stereocenters. The summed E-state index contributed by atoms with van der Waals surface area (Å²) in [5, 5.41) is 101. The summed E-state index contributed by atoms with van der Waals surface area (Å²) in [6.45, 7) is 12.1. The second-order valence-corrected chi connectivity index (χ2v) is 29.3. The van der Waals surface area contributed by atoms with Crippen LogP contribution in [-0.2, 0) is 158 Å². The van der Waals surface area contributed by atoms with Gasteiger partial charge in [-0.25, -0.2) is 9.36 Å². The number of nitrogens with zero attached hydrogens (tertiary/aromatic N) is 9. The molecule has 3 aromatic heterocycles. The van der Waals surface area contributed by atoms with E-state index in [4.69, 9.17) is 105 Å². The van der Waals surface area contributed by atoms with E-state index in [1.165, 1.54) is 20.8 Å². The minimum Gasteiger partial charge on any atom is -0.388 e. The molecule has 12 N–H and O–H groups in total. The zero-order valence-electron chi connectivity index (χ0n) is 67.1. The van der Waals surface area contributed by atoms with Crippen LogP contribution in [0.25, 0.3) is 0 Å². The first-order valence-corrected chi connectivity index (χ1v) is 39.9. The zero-order valence-corrected chi connectivity index (χ0v) is 67.1. The lowest BCUT2D eigenvalue weighted by molar-refractivity contribution is -0.238. The van der Waals surface area contributed by atoms with Gasteiger partial charge < -0.3 is 157 Å². The summed E-state index contributed by atoms with van der Waals surface area (Å²) >= 11 is 0. The van der Waals surface area contributed by atoms with Crippen molar-refractivity contribution in [3.8, 4) is 0 Å². The molecule has 9 heterocycles. The number of ether oxygens (including phenoxy) is 21. The maximum absolute atomic E-state index is 13.9. The lowest BCUT2D eigenvalue weighted by Crippen LogP contribution is -2.66. The van der Waals surface area contributed by atoms with Gasteiger partial charge in [-0.1, -0.05) is 22.1 Å². The standard InChI is InChI=1S/C72H122N14O31/c1-50(87)74-57-60(91)63(94)70(47-112-66(57)115-70)44-106-32-29-103-22-19-98-16-8-15-97-14-7-11-84-35-53(78-81-84)38-109-41-69(77-56(90)9-5-4-6-10-73,42-110-39-54-36-85(82-79-54)12-17-99-20-23-101-25-27-104-30-33-107-45-71-48-113-67(116-71)58(75-51(2)88)61(92)64(71)95)43-111-40-55-37-86(83-80-55)13-18-100-21-24-102-26-28-105-31-34-108-46-72-49-114-68(117-72)59(76-52(3)89)62(93)65(72)96/h35-37,57-68,91-96H,4-34,38-49,73H2,1-3H3,(H,74,87)(H,75,88)(H,76,89)(H,77,90)/t57-,58-,59-,60-,61-,62-,63-,64-,65-,66-,67-,68+,69?,70+,71+,72+/m1/s1. The highest BCUT2D eigenvalue weighted by Gasteiger charge is 2.62. The molecule has 6 fully saturated rings. The minimum absolute atomic E-state index is 0.00271. The molecule has 4 amide bonds. The number of unbranched alkanes of at least 4 members (excludes halogenated alkanes) is 2. The molecule has 666 valence electrons. The summed E-state index contributed by atoms with van der Waals surface area (Å²) in [6.07, 6.45) is -1.63. The van der Waals surface area contributed by atoms with Gasteiger partial charge in [-0.3, -0.25) is 23.9 Å². The van der Waals surface area contributed by atoms with E-state index < -0.39 is 96.0 Å². The van der Waals surface area contributed by atoms with Crippen molar-refractivity contribution in [1.82, 2.24) is 66.2 Å². The molecule has 6 aliphatic rings. The van der Waals surface area contributed by atoms with Crippen LogP contribution >= 0.6 is 0 Å². The number of hydrogen-bond acceptors (Lipinski definition) is 38. The fraction of sp³-hybridized carbons (Fsp3) is 0.861. The number of nitrogens with two attached hydrogens (primary N) is 1. The molecule has 0 aromatic carbocycles. The minimum atomic E-state index is -1.34. The Morgan fingerprint density at radius 1 is 0.410 bits per heavy atom. The summed E-state index contributed by atoms with van der Waals surface area (Å²) in [5.41, 5.74) is 2.35.